The Bertz CT molecular complexity index is 1480. The Hall–Kier alpha value is -3.38. The fourth-order valence-corrected chi connectivity index (χ4v) is 6.78. The summed E-state index contributed by atoms with van der Waals surface area (Å²) >= 11 is 1.68. The minimum Gasteiger partial charge on any atom is -0.467 e. The highest BCUT2D eigenvalue weighted by molar-refractivity contribution is 7.16. The fourth-order valence-electron chi connectivity index (χ4n) is 5.52. The molecule has 5 nitrogen and oxygen atoms in total. The van der Waals surface area contributed by atoms with Crippen LogP contribution >= 0.6 is 11.3 Å². The van der Waals surface area contributed by atoms with Gasteiger partial charge in [-0.3, -0.25) is 4.79 Å². The highest BCUT2D eigenvalue weighted by atomic mass is 32.1. The Morgan fingerprint density at radius 2 is 2.00 bits per heavy atom. The molecule has 0 unspecified atom stereocenters. The number of thiophene rings is 1. The van der Waals surface area contributed by atoms with E-state index in [0.29, 0.717) is 12.5 Å². The van der Waals surface area contributed by atoms with Gasteiger partial charge in [-0.2, -0.15) is 0 Å². The smallest absolute Gasteiger partial charge is 0.255 e. The van der Waals surface area contributed by atoms with Crippen LogP contribution in [0.5, 0.6) is 0 Å². The number of amides is 1. The van der Waals surface area contributed by atoms with Crippen LogP contribution in [0.2, 0.25) is 0 Å². The Balaban J connectivity index is 1.49. The minimum absolute atomic E-state index is 0.0782. The molecule has 0 saturated carbocycles. The number of aromatic nitrogens is 1. The van der Waals surface area contributed by atoms with Crippen molar-refractivity contribution >= 4 is 28.5 Å². The first-order valence-electron chi connectivity index (χ1n) is 13.4. The number of nitrogens with one attached hydrogen (secondary N) is 1. The first-order valence-corrected chi connectivity index (χ1v) is 14.2. The second-order valence-corrected chi connectivity index (χ2v) is 12.6. The van der Waals surface area contributed by atoms with Crippen LogP contribution in [0.15, 0.2) is 58.1 Å². The molecule has 3 aromatic heterocycles. The van der Waals surface area contributed by atoms with Crippen molar-refractivity contribution in [2.45, 2.75) is 67.3 Å². The van der Waals surface area contributed by atoms with Crippen molar-refractivity contribution in [2.24, 2.45) is 16.3 Å². The van der Waals surface area contributed by atoms with Crippen molar-refractivity contribution in [3.63, 3.8) is 0 Å². The molecule has 5 rings (SSSR count). The van der Waals surface area contributed by atoms with Gasteiger partial charge >= 0.3 is 0 Å². The average Bonchev–Trinajstić information content (AvgIpc) is 3.57. The van der Waals surface area contributed by atoms with E-state index in [2.05, 4.69) is 81.8 Å². The molecule has 4 aromatic rings. The van der Waals surface area contributed by atoms with Crippen LogP contribution in [0.25, 0.3) is 5.69 Å². The zero-order chi connectivity index (χ0) is 27.0. The monoisotopic (exact) mass is 527 g/mol. The molecule has 198 valence electrons. The molecule has 0 bridgehead atoms. The number of benzene rings is 1. The van der Waals surface area contributed by atoms with Crippen LogP contribution in [0.1, 0.15) is 76.3 Å². The first-order chi connectivity index (χ1) is 18.1. The third-order valence-corrected chi connectivity index (χ3v) is 8.92. The summed E-state index contributed by atoms with van der Waals surface area (Å²) in [4.78, 5) is 19.8. The summed E-state index contributed by atoms with van der Waals surface area (Å²) in [6, 6.07) is 14.4. The second-order valence-electron chi connectivity index (χ2n) is 11.5. The van der Waals surface area contributed by atoms with Crippen molar-refractivity contribution in [2.75, 3.05) is 0 Å². The largest absolute Gasteiger partial charge is 0.467 e. The van der Waals surface area contributed by atoms with Crippen LogP contribution in [0.3, 0.4) is 0 Å². The van der Waals surface area contributed by atoms with E-state index in [1.807, 2.05) is 18.3 Å². The van der Waals surface area contributed by atoms with Gasteiger partial charge in [0.15, 0.2) is 0 Å². The first kappa shape index (κ1) is 26.2. The number of carbonyl (C=O) groups excluding carboxylic acids is 1. The van der Waals surface area contributed by atoms with E-state index in [0.717, 1.165) is 58.2 Å². The number of furan rings is 1. The van der Waals surface area contributed by atoms with E-state index < -0.39 is 0 Å². The van der Waals surface area contributed by atoms with E-state index in [1.54, 1.807) is 17.6 Å². The third kappa shape index (κ3) is 5.28. The van der Waals surface area contributed by atoms with Gasteiger partial charge < -0.3 is 14.3 Å². The van der Waals surface area contributed by atoms with Gasteiger partial charge in [0.05, 0.1) is 18.4 Å². The number of carbonyl (C=O) groups is 1. The topological polar surface area (TPSA) is 59.5 Å². The molecular weight excluding hydrogens is 490 g/mol. The molecule has 1 N–H and O–H groups in total. The number of fused-ring (bicyclic) bond motifs is 1. The van der Waals surface area contributed by atoms with Crippen molar-refractivity contribution < 1.29 is 9.21 Å². The molecule has 0 fully saturated rings. The maximum atomic E-state index is 13.5. The Morgan fingerprint density at radius 3 is 2.71 bits per heavy atom. The van der Waals surface area contributed by atoms with Gasteiger partial charge in [0.2, 0.25) is 0 Å². The van der Waals surface area contributed by atoms with Crippen LogP contribution < -0.4 is 5.32 Å². The normalized spacial score (nSPS) is 15.7. The summed E-state index contributed by atoms with van der Waals surface area (Å²) in [5.41, 5.74) is 7.87. The lowest BCUT2D eigenvalue weighted by Crippen LogP contribution is -2.28. The molecule has 0 radical (unpaired) electrons. The van der Waals surface area contributed by atoms with E-state index in [-0.39, 0.29) is 11.3 Å². The van der Waals surface area contributed by atoms with E-state index >= 15 is 0 Å². The fraction of sp³-hybridized carbons (Fsp3) is 0.375. The van der Waals surface area contributed by atoms with Crippen LogP contribution in [-0.2, 0) is 19.4 Å². The highest BCUT2D eigenvalue weighted by Crippen LogP contribution is 2.45. The van der Waals surface area contributed by atoms with Gasteiger partial charge in [-0.05, 0) is 92.8 Å². The lowest BCUT2D eigenvalue weighted by molar-refractivity contribution is 0.0947. The number of aliphatic imine (C=N–C) groups is 1. The molecule has 1 aliphatic carbocycles. The van der Waals surface area contributed by atoms with Gasteiger partial charge in [0, 0.05) is 33.7 Å². The van der Waals surface area contributed by atoms with Crippen molar-refractivity contribution in [3.05, 3.63) is 93.0 Å². The van der Waals surface area contributed by atoms with Crippen molar-refractivity contribution in [1.82, 2.24) is 9.88 Å². The van der Waals surface area contributed by atoms with Crippen LogP contribution in [0.4, 0.5) is 5.00 Å². The zero-order valence-corrected chi connectivity index (χ0v) is 24.0. The van der Waals surface area contributed by atoms with Crippen molar-refractivity contribution in [1.29, 1.82) is 0 Å². The summed E-state index contributed by atoms with van der Waals surface area (Å²) in [6.07, 6.45) is 6.56. The number of hydrogen-bond donors (Lipinski definition) is 1. The van der Waals surface area contributed by atoms with Gasteiger partial charge in [-0.1, -0.05) is 32.9 Å². The summed E-state index contributed by atoms with van der Waals surface area (Å²) in [7, 11) is 0. The molecule has 1 amide bonds. The molecule has 0 aliphatic heterocycles. The lowest BCUT2D eigenvalue weighted by atomic mass is 9.72. The van der Waals surface area contributed by atoms with Gasteiger partial charge in [-0.25, -0.2) is 4.99 Å². The predicted octanol–water partition coefficient (Wildman–Crippen LogP) is 7.89. The van der Waals surface area contributed by atoms with Gasteiger partial charge in [0.1, 0.15) is 10.8 Å². The molecule has 1 aliphatic rings. The number of rotatable bonds is 6. The summed E-state index contributed by atoms with van der Waals surface area (Å²) in [5.74, 6) is 1.26. The summed E-state index contributed by atoms with van der Waals surface area (Å²) in [6.45, 7) is 13.7. The number of nitrogens with zero attached hydrogens (tertiary/aromatic N) is 2. The molecule has 0 saturated heterocycles. The zero-order valence-electron chi connectivity index (χ0n) is 23.2. The van der Waals surface area contributed by atoms with Crippen LogP contribution in [-0.4, -0.2) is 16.7 Å². The predicted molar refractivity (Wildman–Crippen MR) is 156 cm³/mol. The molecule has 1 aromatic carbocycles. The maximum Gasteiger partial charge on any atom is 0.255 e. The molecular formula is C32H37N3O2S. The Morgan fingerprint density at radius 1 is 1.18 bits per heavy atom. The third-order valence-electron chi connectivity index (χ3n) is 7.75. The maximum absolute atomic E-state index is 13.5. The summed E-state index contributed by atoms with van der Waals surface area (Å²) < 4.78 is 7.69. The van der Waals surface area contributed by atoms with Crippen LogP contribution in [0, 0.1) is 32.1 Å². The van der Waals surface area contributed by atoms with Gasteiger partial charge in [0.25, 0.3) is 5.91 Å². The number of aryl methyl sites for hydroxylation is 2. The Labute approximate surface area is 229 Å². The minimum atomic E-state index is -0.0782. The molecule has 3 heterocycles. The number of hydrogen-bond acceptors (Lipinski definition) is 4. The SMILES string of the molecule is Cc1cccc(-n2c(C)cc(C=Nc3sc4c(c3C(=O)NCc3ccco3)CC[C@H](C(C)(C)C)C4)c2C)c1. The standard InChI is InChI=1S/C32H37N3O2S/c1-20-9-7-10-25(15-20)35-21(2)16-23(22(35)3)18-34-31-29(30(36)33-19-26-11-8-14-37-26)27-13-12-24(32(4,5)6)17-28(27)38-31/h7-11,14-16,18,24H,12-13,17,19H2,1-6H3,(H,33,36)/t24-/m0/s1. The summed E-state index contributed by atoms with van der Waals surface area (Å²) in [5, 5.41) is 3.86. The van der Waals surface area contributed by atoms with E-state index in [1.165, 1.54) is 16.0 Å². The lowest BCUT2D eigenvalue weighted by Gasteiger charge is -2.33. The Kier molecular flexibility index (Phi) is 7.19. The van der Waals surface area contributed by atoms with E-state index in [4.69, 9.17) is 9.41 Å². The molecule has 38 heavy (non-hydrogen) atoms. The molecule has 6 heteroatoms. The molecule has 0 spiro atoms. The van der Waals surface area contributed by atoms with E-state index in [9.17, 15) is 4.79 Å². The second kappa shape index (κ2) is 10.4. The average molecular weight is 528 g/mol. The molecule has 1 atom stereocenters. The van der Waals surface area contributed by atoms with Crippen molar-refractivity contribution in [3.8, 4) is 5.69 Å². The highest BCUT2D eigenvalue weighted by Gasteiger charge is 2.33. The van der Waals surface area contributed by atoms with Gasteiger partial charge in [-0.15, -0.1) is 11.3 Å². The quantitative estimate of drug-likeness (QED) is 0.259.